The van der Waals surface area contributed by atoms with Crippen LogP contribution in [0.15, 0.2) is 34.4 Å². The highest BCUT2D eigenvalue weighted by molar-refractivity contribution is 5.97. The zero-order chi connectivity index (χ0) is 9.42. The van der Waals surface area contributed by atoms with Gasteiger partial charge in [-0.3, -0.25) is 4.79 Å². The summed E-state index contributed by atoms with van der Waals surface area (Å²) in [6, 6.07) is 0. The van der Waals surface area contributed by atoms with Crippen molar-refractivity contribution in [3.63, 3.8) is 0 Å². The van der Waals surface area contributed by atoms with Crippen molar-refractivity contribution in [3.05, 3.63) is 34.4 Å². The number of hydrogen-bond acceptors (Lipinski definition) is 1. The van der Waals surface area contributed by atoms with E-state index in [1.165, 1.54) is 28.7 Å². The highest BCUT2D eigenvalue weighted by atomic mass is 16.1. The maximum atomic E-state index is 11.2. The summed E-state index contributed by atoms with van der Waals surface area (Å²) in [6.07, 6.45) is 6.93. The van der Waals surface area contributed by atoms with Crippen LogP contribution in [0.25, 0.3) is 0 Å². The van der Waals surface area contributed by atoms with E-state index in [2.05, 4.69) is 13.0 Å². The average molecular weight is 174 g/mol. The second kappa shape index (κ2) is 2.99. The summed E-state index contributed by atoms with van der Waals surface area (Å²) in [5.74, 6) is 0.262. The first-order valence-electron chi connectivity index (χ1n) is 4.77. The first kappa shape index (κ1) is 8.49. The molecule has 0 aliphatic heterocycles. The van der Waals surface area contributed by atoms with Crippen molar-refractivity contribution in [1.82, 2.24) is 0 Å². The van der Waals surface area contributed by atoms with Crippen molar-refractivity contribution >= 4 is 5.78 Å². The van der Waals surface area contributed by atoms with E-state index in [0.29, 0.717) is 6.42 Å². The Morgan fingerprint density at radius 2 is 1.92 bits per heavy atom. The Balaban J connectivity index is 2.37. The largest absolute Gasteiger partial charge is 0.294 e. The first-order valence-corrected chi connectivity index (χ1v) is 4.77. The summed E-state index contributed by atoms with van der Waals surface area (Å²) in [5.41, 5.74) is 5.28. The quantitative estimate of drug-likeness (QED) is 0.551. The van der Waals surface area contributed by atoms with Gasteiger partial charge in [-0.05, 0) is 49.5 Å². The van der Waals surface area contributed by atoms with Gasteiger partial charge in [0.1, 0.15) is 0 Å². The fourth-order valence-electron chi connectivity index (χ4n) is 2.07. The molecule has 0 radical (unpaired) electrons. The average Bonchev–Trinajstić information content (AvgIpc) is 2.58. The van der Waals surface area contributed by atoms with Gasteiger partial charge in [0.05, 0.1) is 0 Å². The number of ketones is 1. The van der Waals surface area contributed by atoms with Crippen LogP contribution in [0.1, 0.15) is 33.1 Å². The molecule has 0 bridgehead atoms. The lowest BCUT2D eigenvalue weighted by atomic mass is 10.0. The minimum Gasteiger partial charge on any atom is -0.294 e. The fourth-order valence-corrected chi connectivity index (χ4v) is 2.07. The first-order chi connectivity index (χ1) is 6.16. The number of hydrogen-bond donors (Lipinski definition) is 0. The zero-order valence-electron chi connectivity index (χ0n) is 8.18. The van der Waals surface area contributed by atoms with E-state index >= 15 is 0 Å². The summed E-state index contributed by atoms with van der Waals surface area (Å²) < 4.78 is 0. The molecule has 0 aromatic carbocycles. The molecule has 0 atom stereocenters. The van der Waals surface area contributed by atoms with Crippen LogP contribution >= 0.6 is 0 Å². The van der Waals surface area contributed by atoms with Gasteiger partial charge in [0.15, 0.2) is 5.78 Å². The van der Waals surface area contributed by atoms with E-state index in [1.807, 2.05) is 6.92 Å². The lowest BCUT2D eigenvalue weighted by Gasteiger charge is -2.02. The van der Waals surface area contributed by atoms with Gasteiger partial charge in [-0.2, -0.15) is 0 Å². The van der Waals surface area contributed by atoms with E-state index < -0.39 is 0 Å². The minimum absolute atomic E-state index is 0.262. The predicted molar refractivity (Wildman–Crippen MR) is 53.4 cm³/mol. The molecule has 0 saturated heterocycles. The molecule has 0 unspecified atom stereocenters. The van der Waals surface area contributed by atoms with Crippen LogP contribution in [0.3, 0.4) is 0 Å². The molecular formula is C12H14O. The summed E-state index contributed by atoms with van der Waals surface area (Å²) in [7, 11) is 0. The van der Waals surface area contributed by atoms with Crippen LogP contribution in [0, 0.1) is 0 Å². The molecule has 0 saturated carbocycles. The topological polar surface area (TPSA) is 17.1 Å². The molecule has 2 rings (SSSR count). The second-order valence-electron chi connectivity index (χ2n) is 3.96. The molecule has 0 aromatic heterocycles. The molecule has 1 nitrogen and oxygen atoms in total. The third-order valence-corrected chi connectivity index (χ3v) is 2.80. The molecule has 1 heteroatoms. The highest BCUT2D eigenvalue weighted by Crippen LogP contribution is 2.33. The van der Waals surface area contributed by atoms with E-state index in [9.17, 15) is 4.79 Å². The summed E-state index contributed by atoms with van der Waals surface area (Å²) >= 11 is 0. The second-order valence-corrected chi connectivity index (χ2v) is 3.96. The Hall–Kier alpha value is -1.11. The SMILES string of the molecule is CC1=C/C(=C2\CC(=O)C=C2C)CC1. The summed E-state index contributed by atoms with van der Waals surface area (Å²) in [5, 5.41) is 0. The molecule has 68 valence electrons. The molecule has 0 N–H and O–H groups in total. The van der Waals surface area contributed by atoms with Gasteiger partial charge in [0.25, 0.3) is 0 Å². The minimum atomic E-state index is 0.262. The number of allylic oxidation sites excluding steroid dienone is 6. The molecule has 0 fully saturated rings. The van der Waals surface area contributed by atoms with Crippen molar-refractivity contribution < 1.29 is 4.79 Å². The maximum absolute atomic E-state index is 11.2. The van der Waals surface area contributed by atoms with Gasteiger partial charge in [0, 0.05) is 6.42 Å². The predicted octanol–water partition coefficient (Wildman–Crippen LogP) is 2.94. The van der Waals surface area contributed by atoms with Crippen LogP contribution in [0.4, 0.5) is 0 Å². The van der Waals surface area contributed by atoms with Crippen LogP contribution in [-0.4, -0.2) is 5.78 Å². The van der Waals surface area contributed by atoms with Crippen LogP contribution < -0.4 is 0 Å². The maximum Gasteiger partial charge on any atom is 0.160 e. The molecule has 2 aliphatic rings. The lowest BCUT2D eigenvalue weighted by Crippen LogP contribution is -1.88. The van der Waals surface area contributed by atoms with Gasteiger partial charge >= 0.3 is 0 Å². The molecule has 0 spiro atoms. The standard InChI is InChI=1S/C12H14O/c1-8-3-4-10(5-8)12-7-11(13)6-9(12)2/h5-6H,3-4,7H2,1-2H3/b12-10+. The Kier molecular flexibility index (Phi) is 1.95. The Morgan fingerprint density at radius 1 is 1.15 bits per heavy atom. The zero-order valence-corrected chi connectivity index (χ0v) is 8.18. The van der Waals surface area contributed by atoms with Gasteiger partial charge in [-0.15, -0.1) is 0 Å². The van der Waals surface area contributed by atoms with Gasteiger partial charge in [-0.1, -0.05) is 11.6 Å². The van der Waals surface area contributed by atoms with Gasteiger partial charge in [-0.25, -0.2) is 0 Å². The lowest BCUT2D eigenvalue weighted by molar-refractivity contribution is -0.113. The summed E-state index contributed by atoms with van der Waals surface area (Å²) in [6.45, 7) is 4.19. The van der Waals surface area contributed by atoms with Gasteiger partial charge in [0.2, 0.25) is 0 Å². The van der Waals surface area contributed by atoms with Crippen molar-refractivity contribution in [2.24, 2.45) is 0 Å². The Bertz CT molecular complexity index is 353. The fraction of sp³-hybridized carbons (Fsp3) is 0.417. The Labute approximate surface area is 78.8 Å². The molecular weight excluding hydrogens is 160 g/mol. The Morgan fingerprint density at radius 3 is 2.38 bits per heavy atom. The van der Waals surface area contributed by atoms with Crippen molar-refractivity contribution in [2.45, 2.75) is 33.1 Å². The van der Waals surface area contributed by atoms with Crippen LogP contribution in [0.2, 0.25) is 0 Å². The monoisotopic (exact) mass is 174 g/mol. The van der Waals surface area contributed by atoms with Crippen molar-refractivity contribution in [3.8, 4) is 0 Å². The number of carbonyl (C=O) groups excluding carboxylic acids is 1. The molecule has 0 amide bonds. The number of carbonyl (C=O) groups is 1. The van der Waals surface area contributed by atoms with Gasteiger partial charge < -0.3 is 0 Å². The smallest absolute Gasteiger partial charge is 0.160 e. The van der Waals surface area contributed by atoms with Crippen LogP contribution in [-0.2, 0) is 4.79 Å². The van der Waals surface area contributed by atoms with E-state index in [1.54, 1.807) is 6.08 Å². The van der Waals surface area contributed by atoms with Crippen LogP contribution in [0.5, 0.6) is 0 Å². The summed E-state index contributed by atoms with van der Waals surface area (Å²) in [4.78, 5) is 11.2. The highest BCUT2D eigenvalue weighted by Gasteiger charge is 2.19. The van der Waals surface area contributed by atoms with E-state index in [-0.39, 0.29) is 5.78 Å². The van der Waals surface area contributed by atoms with E-state index in [4.69, 9.17) is 0 Å². The number of rotatable bonds is 0. The third kappa shape index (κ3) is 1.51. The van der Waals surface area contributed by atoms with E-state index in [0.717, 1.165) is 6.42 Å². The third-order valence-electron chi connectivity index (χ3n) is 2.80. The van der Waals surface area contributed by atoms with Crippen molar-refractivity contribution in [1.29, 1.82) is 0 Å². The molecule has 0 heterocycles. The molecule has 13 heavy (non-hydrogen) atoms. The van der Waals surface area contributed by atoms with Crippen molar-refractivity contribution in [2.75, 3.05) is 0 Å². The molecule has 0 aromatic rings. The normalized spacial score (nSPS) is 28.0. The molecule has 2 aliphatic carbocycles.